The summed E-state index contributed by atoms with van der Waals surface area (Å²) in [4.78, 5) is 24.7. The molecule has 0 aromatic heterocycles. The second kappa shape index (κ2) is 55.7. The number of carbonyl (C=O) groups is 2. The van der Waals surface area contributed by atoms with Crippen molar-refractivity contribution in [2.75, 3.05) is 54.4 Å². The van der Waals surface area contributed by atoms with Crippen LogP contribution >= 0.6 is 0 Å². The second-order valence-electron chi connectivity index (χ2n) is 27.6. The fourth-order valence-corrected chi connectivity index (χ4v) is 8.71. The third-order valence-corrected chi connectivity index (χ3v) is 13.0. The van der Waals surface area contributed by atoms with Crippen LogP contribution in [-0.2, 0) is 62.0 Å². The maximum Gasteiger partial charge on any atom is 4.00 e. The van der Waals surface area contributed by atoms with Crippen molar-refractivity contribution >= 4 is 34.6 Å². The minimum Gasteiger partial charge on any atom is -0.852 e. The summed E-state index contributed by atoms with van der Waals surface area (Å²) in [6.45, 7) is 59.8. The standard InChI is InChI=1S/2C27H40N2.2C6H13NO.4C3H7O.2Zr/c2*1-18(2)22-12-9-13-23(19(3)4)26(22)28-16-11-17-29-27-24(20(5)6)14-10-15-25(27)21(7)8;2*1-5(2)6(8)7(3)4;4*1-3(2)4;;/h2*9-10,12-15,18-21H,11,16-17H2,1-8H3;2*5H,1-4H3;4*3H,1-2H3;;/q2*-2;;;4*-1;2*+4. The molecule has 0 saturated heterocycles. The minimum absolute atomic E-state index is 0. The summed E-state index contributed by atoms with van der Waals surface area (Å²) < 4.78 is 0. The zero-order chi connectivity index (χ0) is 70.9. The maximum atomic E-state index is 10.8. The van der Waals surface area contributed by atoms with E-state index in [0.29, 0.717) is 47.3 Å². The van der Waals surface area contributed by atoms with E-state index in [1.54, 1.807) is 93.4 Å². The smallest absolute Gasteiger partial charge is 0.852 e. The first-order valence-corrected chi connectivity index (χ1v) is 33.8. The molecule has 520 valence electrons. The molecule has 2 amide bonds. The molecule has 14 heteroatoms. The van der Waals surface area contributed by atoms with Gasteiger partial charge in [0.15, 0.2) is 0 Å². The Labute approximate surface area is 605 Å². The molecule has 0 bridgehead atoms. The van der Waals surface area contributed by atoms with Gasteiger partial charge in [0, 0.05) is 40.0 Å². The van der Waals surface area contributed by atoms with Crippen molar-refractivity contribution < 1.29 is 82.4 Å². The number of carbonyl (C=O) groups excluding carboxylic acids is 2. The predicted molar refractivity (Wildman–Crippen MR) is 387 cm³/mol. The topological polar surface area (TPSA) is 189 Å². The molecule has 0 atom stereocenters. The van der Waals surface area contributed by atoms with Gasteiger partial charge in [0.1, 0.15) is 0 Å². The zero-order valence-electron chi connectivity index (χ0n) is 64.4. The van der Waals surface area contributed by atoms with Crippen molar-refractivity contribution in [2.24, 2.45) is 11.8 Å². The number of hydrogen-bond acceptors (Lipinski definition) is 6. The summed E-state index contributed by atoms with van der Waals surface area (Å²) in [6.07, 6.45) is 0.294. The number of nitrogens with zero attached hydrogens (tertiary/aromatic N) is 6. The minimum atomic E-state index is -0.417. The summed E-state index contributed by atoms with van der Waals surface area (Å²) in [5, 5.41) is 58.3. The van der Waals surface area contributed by atoms with Gasteiger partial charge >= 0.3 is 52.4 Å². The molecule has 0 aliphatic heterocycles. The fraction of sp³-hybridized carbons (Fsp3) is 0.667. The van der Waals surface area contributed by atoms with E-state index < -0.39 is 24.4 Å². The van der Waals surface area contributed by atoms with Gasteiger partial charge in [-0.1, -0.05) is 324 Å². The van der Waals surface area contributed by atoms with E-state index in [2.05, 4.69) is 184 Å². The Morgan fingerprint density at radius 2 is 0.413 bits per heavy atom. The van der Waals surface area contributed by atoms with E-state index in [0.717, 1.165) is 39.0 Å². The molecular formula is C78H134N6O6Zr2. The molecule has 0 aliphatic rings. The SMILES string of the molecule is CC(C)C(=O)N(C)C.CC(C)C(=O)N(C)C.CC(C)[O-].CC(C)[O-].CC(C)[O-].CC(C)[O-].CC(C)c1cccc(C(C)C)c1[N-]CCC[N-]c1c(C(C)C)cccc1C(C)C.CC(C)c1cccc(C(C)C)c1[N-]CCC[N-]c1c(C(C)C)cccc1C(C)C.[Zr+4].[Zr+4]. The van der Waals surface area contributed by atoms with E-state index >= 15 is 0 Å². The van der Waals surface area contributed by atoms with Crippen molar-refractivity contribution in [3.63, 3.8) is 0 Å². The van der Waals surface area contributed by atoms with Crippen LogP contribution in [0.3, 0.4) is 0 Å². The molecule has 92 heavy (non-hydrogen) atoms. The Morgan fingerprint density at radius 1 is 0.293 bits per heavy atom. The Hall–Kier alpha value is -3.37. The van der Waals surface area contributed by atoms with Gasteiger partial charge in [-0.2, -0.15) is 0 Å². The Bertz CT molecular complexity index is 2020. The van der Waals surface area contributed by atoms with E-state index in [1.165, 1.54) is 67.3 Å². The molecule has 0 N–H and O–H groups in total. The van der Waals surface area contributed by atoms with Gasteiger partial charge in [-0.05, 0) is 47.3 Å². The van der Waals surface area contributed by atoms with Gasteiger partial charge in [-0.25, -0.2) is 0 Å². The molecule has 0 spiro atoms. The van der Waals surface area contributed by atoms with E-state index in [9.17, 15) is 30.0 Å². The quantitative estimate of drug-likeness (QED) is 0.0704. The van der Waals surface area contributed by atoms with E-state index in [-0.39, 0.29) is 76.1 Å². The van der Waals surface area contributed by atoms with Crippen LogP contribution in [0.5, 0.6) is 0 Å². The molecule has 12 nitrogen and oxygen atoms in total. The van der Waals surface area contributed by atoms with Crippen LogP contribution in [0.1, 0.15) is 299 Å². The molecule has 4 rings (SSSR count). The van der Waals surface area contributed by atoms with Crippen molar-refractivity contribution in [3.8, 4) is 0 Å². The first kappa shape index (κ1) is 99.7. The summed E-state index contributed by atoms with van der Waals surface area (Å²) in [6, 6.07) is 26.5. The maximum absolute atomic E-state index is 10.8. The Balaban J connectivity index is -0.000000270. The van der Waals surface area contributed by atoms with Crippen molar-refractivity contribution in [2.45, 2.75) is 278 Å². The number of para-hydroxylation sites is 4. The van der Waals surface area contributed by atoms with Crippen LogP contribution in [0.25, 0.3) is 21.3 Å². The monoisotopic (exact) mass is 1430 g/mol. The number of rotatable bonds is 22. The molecule has 0 heterocycles. The van der Waals surface area contributed by atoms with Crippen LogP contribution in [-0.4, -0.2) is 100 Å². The van der Waals surface area contributed by atoms with Crippen LogP contribution in [0.4, 0.5) is 22.7 Å². The number of hydrogen-bond donors (Lipinski definition) is 0. The Morgan fingerprint density at radius 3 is 0.489 bits per heavy atom. The van der Waals surface area contributed by atoms with Gasteiger partial charge < -0.3 is 51.5 Å². The van der Waals surface area contributed by atoms with Crippen LogP contribution < -0.4 is 20.4 Å². The fourth-order valence-electron chi connectivity index (χ4n) is 8.71. The number of amides is 2. The first-order chi connectivity index (χ1) is 41.5. The van der Waals surface area contributed by atoms with Gasteiger partial charge in [0.05, 0.1) is 0 Å². The average molecular weight is 1430 g/mol. The van der Waals surface area contributed by atoms with Crippen molar-refractivity contribution in [1.29, 1.82) is 0 Å². The first-order valence-electron chi connectivity index (χ1n) is 33.8. The van der Waals surface area contributed by atoms with Gasteiger partial charge in [-0.3, -0.25) is 9.59 Å². The summed E-state index contributed by atoms with van der Waals surface area (Å²) >= 11 is 0. The van der Waals surface area contributed by atoms with Crippen molar-refractivity contribution in [1.82, 2.24) is 9.80 Å². The van der Waals surface area contributed by atoms with Gasteiger partial charge in [0.2, 0.25) is 11.8 Å². The normalized spacial score (nSPS) is 10.6. The summed E-state index contributed by atoms with van der Waals surface area (Å²) in [5.74, 6) is 4.55. The molecule has 4 aromatic carbocycles. The van der Waals surface area contributed by atoms with Crippen LogP contribution in [0, 0.1) is 11.8 Å². The molecular weight excluding hydrogens is 1300 g/mol. The largest absolute Gasteiger partial charge is 4.00 e. The van der Waals surface area contributed by atoms with E-state index in [1.807, 2.05) is 27.7 Å². The average Bonchev–Trinajstić information content (AvgIpc) is 2.72. The predicted octanol–water partition coefficient (Wildman–Crippen LogP) is 19.0. The molecule has 0 fully saturated rings. The molecule has 0 radical (unpaired) electrons. The molecule has 4 aromatic rings. The number of benzene rings is 4. The van der Waals surface area contributed by atoms with Crippen LogP contribution in [0.15, 0.2) is 72.8 Å². The third kappa shape index (κ3) is 46.7. The molecule has 0 aliphatic carbocycles. The van der Waals surface area contributed by atoms with Gasteiger partial charge in [0.25, 0.3) is 0 Å². The van der Waals surface area contributed by atoms with E-state index in [4.69, 9.17) is 21.3 Å². The van der Waals surface area contributed by atoms with Crippen LogP contribution in [0.2, 0.25) is 0 Å². The summed E-state index contributed by atoms with van der Waals surface area (Å²) in [7, 11) is 7.06. The molecule has 0 unspecified atom stereocenters. The summed E-state index contributed by atoms with van der Waals surface area (Å²) in [5.41, 5.74) is 15.7. The third-order valence-electron chi connectivity index (χ3n) is 13.0. The second-order valence-corrected chi connectivity index (χ2v) is 27.6. The van der Waals surface area contributed by atoms with Crippen molar-refractivity contribution in [3.05, 3.63) is 139 Å². The zero-order valence-corrected chi connectivity index (χ0v) is 69.3. The Kier molecular flexibility index (Phi) is 60.4. The van der Waals surface area contributed by atoms with Gasteiger partial charge in [-0.15, -0.1) is 73.3 Å². The molecule has 0 saturated carbocycles.